The minimum absolute atomic E-state index is 0.0633. The van der Waals surface area contributed by atoms with Gasteiger partial charge in [0.1, 0.15) is 11.6 Å². The third-order valence-electron chi connectivity index (χ3n) is 5.38. The molecule has 1 fully saturated rings. The van der Waals surface area contributed by atoms with E-state index in [2.05, 4.69) is 15.1 Å². The fraction of sp³-hybridized carbons (Fsp3) is 0.261. The van der Waals surface area contributed by atoms with E-state index in [0.29, 0.717) is 17.1 Å². The lowest BCUT2D eigenvalue weighted by Crippen LogP contribution is -2.49. The number of hydrogen-bond donors (Lipinski definition) is 1. The van der Waals surface area contributed by atoms with Gasteiger partial charge in [0.2, 0.25) is 0 Å². The Morgan fingerprint density at radius 2 is 1.73 bits per heavy atom. The highest BCUT2D eigenvalue weighted by Gasteiger charge is 2.27. The number of furan rings is 1. The Bertz CT molecular complexity index is 953. The van der Waals surface area contributed by atoms with E-state index in [1.807, 2.05) is 12.1 Å². The molecule has 2 aromatic carbocycles. The second-order valence-electron chi connectivity index (χ2n) is 7.25. The van der Waals surface area contributed by atoms with Crippen molar-refractivity contribution in [3.8, 4) is 0 Å². The van der Waals surface area contributed by atoms with E-state index < -0.39 is 0 Å². The highest BCUT2D eigenvalue weighted by atomic mass is 35.5. The van der Waals surface area contributed by atoms with Gasteiger partial charge in [0.05, 0.1) is 12.3 Å². The van der Waals surface area contributed by atoms with Crippen LogP contribution in [0.2, 0.25) is 5.02 Å². The maximum absolute atomic E-state index is 13.2. The normalized spacial score (nSPS) is 15.7. The van der Waals surface area contributed by atoms with E-state index in [4.69, 9.17) is 16.0 Å². The third kappa shape index (κ3) is 4.83. The maximum atomic E-state index is 13.2. The molecule has 1 amide bonds. The Kier molecular flexibility index (Phi) is 6.35. The summed E-state index contributed by atoms with van der Waals surface area (Å²) in [5.41, 5.74) is 1.58. The topological polar surface area (TPSA) is 48.7 Å². The molecule has 0 spiro atoms. The van der Waals surface area contributed by atoms with Crippen molar-refractivity contribution in [1.29, 1.82) is 0 Å². The first-order valence-electron chi connectivity index (χ1n) is 9.92. The molecule has 1 N–H and O–H groups in total. The summed E-state index contributed by atoms with van der Waals surface area (Å²) in [6.07, 6.45) is 1.65. The third-order valence-corrected chi connectivity index (χ3v) is 5.63. The number of piperazine rings is 1. The van der Waals surface area contributed by atoms with Gasteiger partial charge in [-0.05, 0) is 60.7 Å². The molecule has 0 unspecified atom stereocenters. The lowest BCUT2D eigenvalue weighted by molar-refractivity contribution is 0.0923. The Labute approximate surface area is 180 Å². The summed E-state index contributed by atoms with van der Waals surface area (Å²) in [5.74, 6) is 0.446. The largest absolute Gasteiger partial charge is 0.468 e. The molecule has 1 aliphatic heterocycles. The zero-order valence-corrected chi connectivity index (χ0v) is 17.2. The standard InChI is InChI=1S/C23H23ClFN3O2/c24-18-5-3-17(4-6-18)23(29)26-16-21(22-2-1-15-30-22)28-13-11-27(12-14-28)20-9-7-19(25)8-10-20/h1-10,15,21H,11-14,16H2,(H,26,29)/t21-/m0/s1. The predicted octanol–water partition coefficient (Wildman–Crippen LogP) is 4.37. The number of anilines is 1. The first-order valence-corrected chi connectivity index (χ1v) is 10.3. The van der Waals surface area contributed by atoms with Gasteiger partial charge in [0.25, 0.3) is 5.91 Å². The molecule has 5 nitrogen and oxygen atoms in total. The molecule has 7 heteroatoms. The first-order chi connectivity index (χ1) is 14.6. The van der Waals surface area contributed by atoms with Crippen LogP contribution in [0.3, 0.4) is 0 Å². The molecule has 2 heterocycles. The van der Waals surface area contributed by atoms with Crippen molar-refractivity contribution in [1.82, 2.24) is 10.2 Å². The molecule has 0 saturated carbocycles. The van der Waals surface area contributed by atoms with Gasteiger partial charge in [-0.25, -0.2) is 4.39 Å². The van der Waals surface area contributed by atoms with Crippen LogP contribution < -0.4 is 10.2 Å². The molecule has 0 radical (unpaired) electrons. The Morgan fingerprint density at radius 1 is 1.03 bits per heavy atom. The SMILES string of the molecule is O=C(NC[C@@H](c1ccco1)N1CCN(c2ccc(F)cc2)CC1)c1ccc(Cl)cc1. The second-order valence-corrected chi connectivity index (χ2v) is 7.68. The second kappa shape index (κ2) is 9.32. The maximum Gasteiger partial charge on any atom is 0.251 e. The number of nitrogens with zero attached hydrogens (tertiary/aromatic N) is 2. The molecule has 156 valence electrons. The van der Waals surface area contributed by atoms with Crippen molar-refractivity contribution in [2.24, 2.45) is 0 Å². The van der Waals surface area contributed by atoms with Gasteiger partial charge >= 0.3 is 0 Å². The number of benzene rings is 2. The van der Waals surface area contributed by atoms with Crippen LogP contribution in [-0.4, -0.2) is 43.5 Å². The highest BCUT2D eigenvalue weighted by Crippen LogP contribution is 2.24. The van der Waals surface area contributed by atoms with Crippen molar-refractivity contribution in [3.05, 3.63) is 89.1 Å². The Morgan fingerprint density at radius 3 is 2.37 bits per heavy atom. The summed E-state index contributed by atoms with van der Waals surface area (Å²) in [7, 11) is 0. The van der Waals surface area contributed by atoms with Crippen LogP contribution in [0.15, 0.2) is 71.3 Å². The van der Waals surface area contributed by atoms with Gasteiger partial charge in [-0.1, -0.05) is 11.6 Å². The minimum atomic E-state index is -0.230. The van der Waals surface area contributed by atoms with E-state index in [-0.39, 0.29) is 17.8 Å². The number of hydrogen-bond acceptors (Lipinski definition) is 4. The van der Waals surface area contributed by atoms with Crippen molar-refractivity contribution < 1.29 is 13.6 Å². The number of carbonyl (C=O) groups excluding carboxylic acids is 1. The van der Waals surface area contributed by atoms with Crippen LogP contribution in [0.5, 0.6) is 0 Å². The monoisotopic (exact) mass is 427 g/mol. The van der Waals surface area contributed by atoms with E-state index in [9.17, 15) is 9.18 Å². The van der Waals surface area contributed by atoms with E-state index in [1.54, 1.807) is 42.7 Å². The van der Waals surface area contributed by atoms with Gasteiger partial charge in [-0.2, -0.15) is 0 Å². The summed E-state index contributed by atoms with van der Waals surface area (Å²) < 4.78 is 18.9. The van der Waals surface area contributed by atoms with Gasteiger partial charge in [0.15, 0.2) is 0 Å². The molecule has 0 bridgehead atoms. The zero-order chi connectivity index (χ0) is 20.9. The predicted molar refractivity (Wildman–Crippen MR) is 115 cm³/mol. The fourth-order valence-electron chi connectivity index (χ4n) is 3.73. The van der Waals surface area contributed by atoms with Crippen LogP contribution in [-0.2, 0) is 0 Å². The van der Waals surface area contributed by atoms with Crippen molar-refractivity contribution in [3.63, 3.8) is 0 Å². The van der Waals surface area contributed by atoms with Gasteiger partial charge in [0, 0.05) is 49.0 Å². The van der Waals surface area contributed by atoms with E-state index in [0.717, 1.165) is 37.6 Å². The van der Waals surface area contributed by atoms with Gasteiger partial charge < -0.3 is 14.6 Å². The van der Waals surface area contributed by atoms with Crippen LogP contribution >= 0.6 is 11.6 Å². The highest BCUT2D eigenvalue weighted by molar-refractivity contribution is 6.30. The quantitative estimate of drug-likeness (QED) is 0.634. The summed E-state index contributed by atoms with van der Waals surface area (Å²) in [6.45, 7) is 3.67. The molecule has 1 saturated heterocycles. The summed E-state index contributed by atoms with van der Waals surface area (Å²) in [6, 6.07) is 17.1. The Balaban J connectivity index is 1.40. The summed E-state index contributed by atoms with van der Waals surface area (Å²) in [5, 5.41) is 3.61. The van der Waals surface area contributed by atoms with Crippen LogP contribution in [0.25, 0.3) is 0 Å². The van der Waals surface area contributed by atoms with Crippen LogP contribution in [0, 0.1) is 5.82 Å². The number of rotatable bonds is 6. The molecule has 3 aromatic rings. The molecule has 30 heavy (non-hydrogen) atoms. The molecule has 0 aliphatic carbocycles. The number of halogens is 2. The summed E-state index contributed by atoms with van der Waals surface area (Å²) >= 11 is 5.90. The van der Waals surface area contributed by atoms with Crippen molar-refractivity contribution in [2.45, 2.75) is 6.04 Å². The summed E-state index contributed by atoms with van der Waals surface area (Å²) in [4.78, 5) is 17.1. The van der Waals surface area contributed by atoms with E-state index >= 15 is 0 Å². The number of carbonyl (C=O) groups is 1. The lowest BCUT2D eigenvalue weighted by Gasteiger charge is -2.39. The molecular weight excluding hydrogens is 405 g/mol. The molecule has 4 rings (SSSR count). The van der Waals surface area contributed by atoms with Crippen LogP contribution in [0.1, 0.15) is 22.2 Å². The van der Waals surface area contributed by atoms with Crippen molar-refractivity contribution in [2.75, 3.05) is 37.6 Å². The first kappa shape index (κ1) is 20.4. The average Bonchev–Trinajstić information content (AvgIpc) is 3.30. The molecule has 1 atom stereocenters. The fourth-order valence-corrected chi connectivity index (χ4v) is 3.85. The van der Waals surface area contributed by atoms with Gasteiger partial charge in [-0.15, -0.1) is 0 Å². The average molecular weight is 428 g/mol. The van der Waals surface area contributed by atoms with E-state index in [1.165, 1.54) is 12.1 Å². The molecule has 1 aromatic heterocycles. The molecular formula is C23H23ClFN3O2. The number of amides is 1. The van der Waals surface area contributed by atoms with Gasteiger partial charge in [-0.3, -0.25) is 9.69 Å². The van der Waals surface area contributed by atoms with Crippen LogP contribution in [0.4, 0.5) is 10.1 Å². The number of nitrogens with one attached hydrogen (secondary N) is 1. The molecule has 1 aliphatic rings. The van der Waals surface area contributed by atoms with Crippen molar-refractivity contribution >= 4 is 23.2 Å². The minimum Gasteiger partial charge on any atom is -0.468 e. The zero-order valence-electron chi connectivity index (χ0n) is 16.4. The Hall–Kier alpha value is -2.83. The smallest absolute Gasteiger partial charge is 0.251 e. The lowest BCUT2D eigenvalue weighted by atomic mass is 10.1.